The van der Waals surface area contributed by atoms with E-state index in [1.807, 2.05) is 0 Å². The maximum absolute atomic E-state index is 12.9. The van der Waals surface area contributed by atoms with E-state index in [1.165, 1.54) is 0 Å². The van der Waals surface area contributed by atoms with Crippen LogP contribution in [-0.4, -0.2) is 4.98 Å². The Hall–Kier alpha value is -1.30. The predicted molar refractivity (Wildman–Crippen MR) is 41.5 cm³/mol. The monoisotopic (exact) mass is 191 g/mol. The molecule has 6 heteroatoms. The lowest BCUT2D eigenvalue weighted by atomic mass is 10.1. The third-order valence-corrected chi connectivity index (χ3v) is 1.57. The number of nitrogens with zero attached hydrogens (tertiary/aromatic N) is 1. The molecule has 0 spiro atoms. The van der Waals surface area contributed by atoms with Crippen LogP contribution in [0.2, 0.25) is 0 Å². The smallest absolute Gasteiger partial charge is 0.264 e. The normalized spacial score (nSPS) is 10.8. The molecule has 0 radical (unpaired) electrons. The molecule has 0 aliphatic heterocycles. The number of rotatable bonds is 2. The summed E-state index contributed by atoms with van der Waals surface area (Å²) in [5.74, 6) is -1.30. The summed E-state index contributed by atoms with van der Waals surface area (Å²) in [5, 5.41) is 0. The van der Waals surface area contributed by atoms with Gasteiger partial charge in [-0.2, -0.15) is 4.39 Å². The van der Waals surface area contributed by atoms with E-state index >= 15 is 0 Å². The summed E-state index contributed by atoms with van der Waals surface area (Å²) in [6.45, 7) is -0.321. The maximum atomic E-state index is 12.9. The molecule has 13 heavy (non-hydrogen) atoms. The maximum Gasteiger partial charge on any atom is 0.264 e. The molecule has 0 bridgehead atoms. The average Bonchev–Trinajstić information content (AvgIpc) is 2.02. The molecule has 0 atom stereocenters. The standard InChI is InChI=1S/C7H8F3N3/c8-6(9)3-1-5(12)13-7(10)4(3)2-11/h1,6H,2,11H2,(H2,12,13). The lowest BCUT2D eigenvalue weighted by molar-refractivity contribution is 0.149. The van der Waals surface area contributed by atoms with Gasteiger partial charge in [0.05, 0.1) is 0 Å². The van der Waals surface area contributed by atoms with E-state index in [0.717, 1.165) is 6.07 Å². The van der Waals surface area contributed by atoms with E-state index in [0.29, 0.717) is 0 Å². The van der Waals surface area contributed by atoms with Crippen LogP contribution in [0.3, 0.4) is 0 Å². The average molecular weight is 191 g/mol. The summed E-state index contributed by atoms with van der Waals surface area (Å²) < 4.78 is 37.4. The minimum atomic E-state index is -2.79. The van der Waals surface area contributed by atoms with Gasteiger partial charge in [0.2, 0.25) is 5.95 Å². The Balaban J connectivity index is 3.29. The Bertz CT molecular complexity index is 314. The first-order chi connectivity index (χ1) is 6.06. The summed E-state index contributed by atoms with van der Waals surface area (Å²) in [5.41, 5.74) is 9.40. The molecule has 3 nitrogen and oxygen atoms in total. The first-order valence-electron chi connectivity index (χ1n) is 3.49. The zero-order valence-electron chi connectivity index (χ0n) is 6.60. The van der Waals surface area contributed by atoms with Crippen LogP contribution in [0, 0.1) is 5.95 Å². The van der Waals surface area contributed by atoms with Crippen LogP contribution in [0.5, 0.6) is 0 Å². The molecular formula is C7H8F3N3. The van der Waals surface area contributed by atoms with Gasteiger partial charge in [0.1, 0.15) is 5.82 Å². The number of aromatic nitrogens is 1. The highest BCUT2D eigenvalue weighted by Gasteiger charge is 2.17. The lowest BCUT2D eigenvalue weighted by Crippen LogP contribution is -2.09. The molecular weight excluding hydrogens is 183 g/mol. The summed E-state index contributed by atoms with van der Waals surface area (Å²) in [7, 11) is 0. The highest BCUT2D eigenvalue weighted by Crippen LogP contribution is 2.25. The molecule has 1 aromatic rings. The van der Waals surface area contributed by atoms with E-state index in [4.69, 9.17) is 11.5 Å². The SMILES string of the molecule is NCc1c(C(F)F)cc(N)nc1F. The Kier molecular flexibility index (Phi) is 2.72. The minimum absolute atomic E-state index is 0.273. The van der Waals surface area contributed by atoms with Gasteiger partial charge < -0.3 is 11.5 Å². The second kappa shape index (κ2) is 3.61. The summed E-state index contributed by atoms with van der Waals surface area (Å²) in [6, 6.07) is 0.927. The second-order valence-corrected chi connectivity index (χ2v) is 2.41. The van der Waals surface area contributed by atoms with Gasteiger partial charge in [-0.05, 0) is 6.07 Å². The van der Waals surface area contributed by atoms with Crippen molar-refractivity contribution in [2.45, 2.75) is 13.0 Å². The number of hydrogen-bond donors (Lipinski definition) is 2. The van der Waals surface area contributed by atoms with Gasteiger partial charge in [-0.15, -0.1) is 0 Å². The third-order valence-electron chi connectivity index (χ3n) is 1.57. The Morgan fingerprint density at radius 1 is 1.46 bits per heavy atom. The molecule has 0 aliphatic carbocycles. The molecule has 0 saturated heterocycles. The number of anilines is 1. The molecule has 0 amide bonds. The van der Waals surface area contributed by atoms with Crippen molar-refractivity contribution < 1.29 is 13.2 Å². The number of nitrogens with two attached hydrogens (primary N) is 2. The van der Waals surface area contributed by atoms with Crippen molar-refractivity contribution in [1.29, 1.82) is 0 Å². The van der Waals surface area contributed by atoms with Crippen LogP contribution in [0.1, 0.15) is 17.6 Å². The zero-order chi connectivity index (χ0) is 10.0. The second-order valence-electron chi connectivity index (χ2n) is 2.41. The summed E-state index contributed by atoms with van der Waals surface area (Å²) in [6.07, 6.45) is -2.79. The van der Waals surface area contributed by atoms with Gasteiger partial charge in [-0.1, -0.05) is 0 Å². The Labute approximate surface area is 72.6 Å². The largest absolute Gasteiger partial charge is 0.384 e. The number of pyridine rings is 1. The van der Waals surface area contributed by atoms with Gasteiger partial charge in [0.15, 0.2) is 0 Å². The predicted octanol–water partition coefficient (Wildman–Crippen LogP) is 1.20. The van der Waals surface area contributed by atoms with Crippen LogP contribution in [-0.2, 0) is 6.54 Å². The number of nitrogen functional groups attached to an aromatic ring is 1. The molecule has 0 fully saturated rings. The van der Waals surface area contributed by atoms with Gasteiger partial charge in [-0.25, -0.2) is 13.8 Å². The molecule has 72 valence electrons. The molecule has 4 N–H and O–H groups in total. The van der Waals surface area contributed by atoms with Crippen LogP contribution < -0.4 is 11.5 Å². The number of halogens is 3. The van der Waals surface area contributed by atoms with Crippen molar-refractivity contribution in [3.05, 3.63) is 23.1 Å². The Morgan fingerprint density at radius 2 is 2.08 bits per heavy atom. The number of hydrogen-bond acceptors (Lipinski definition) is 3. The third kappa shape index (κ3) is 1.89. The van der Waals surface area contributed by atoms with E-state index in [1.54, 1.807) is 0 Å². The fourth-order valence-electron chi connectivity index (χ4n) is 0.975. The summed E-state index contributed by atoms with van der Waals surface area (Å²) >= 11 is 0. The molecule has 1 rings (SSSR count). The fourth-order valence-corrected chi connectivity index (χ4v) is 0.975. The van der Waals surface area contributed by atoms with E-state index < -0.39 is 17.9 Å². The van der Waals surface area contributed by atoms with Crippen molar-refractivity contribution >= 4 is 5.82 Å². The molecule has 0 saturated carbocycles. The lowest BCUT2D eigenvalue weighted by Gasteiger charge is -2.07. The highest BCUT2D eigenvalue weighted by molar-refractivity contribution is 5.38. The van der Waals surface area contributed by atoms with E-state index in [2.05, 4.69) is 4.98 Å². The van der Waals surface area contributed by atoms with Gasteiger partial charge in [0, 0.05) is 17.7 Å². The van der Waals surface area contributed by atoms with Crippen molar-refractivity contribution in [1.82, 2.24) is 4.98 Å². The van der Waals surface area contributed by atoms with Gasteiger partial charge in [-0.3, -0.25) is 0 Å². The van der Waals surface area contributed by atoms with Crippen LogP contribution >= 0.6 is 0 Å². The zero-order valence-corrected chi connectivity index (χ0v) is 6.60. The highest BCUT2D eigenvalue weighted by atomic mass is 19.3. The van der Waals surface area contributed by atoms with Crippen LogP contribution in [0.25, 0.3) is 0 Å². The topological polar surface area (TPSA) is 64.9 Å². The Morgan fingerprint density at radius 3 is 2.54 bits per heavy atom. The van der Waals surface area contributed by atoms with Gasteiger partial charge in [0.25, 0.3) is 6.43 Å². The van der Waals surface area contributed by atoms with Crippen LogP contribution in [0.15, 0.2) is 6.07 Å². The summed E-state index contributed by atoms with van der Waals surface area (Å²) in [4.78, 5) is 3.19. The van der Waals surface area contributed by atoms with Crippen molar-refractivity contribution in [3.63, 3.8) is 0 Å². The quantitative estimate of drug-likeness (QED) is 0.690. The number of alkyl halides is 2. The molecule has 0 aromatic carbocycles. The molecule has 0 unspecified atom stereocenters. The van der Waals surface area contributed by atoms with E-state index in [-0.39, 0.29) is 17.9 Å². The van der Waals surface area contributed by atoms with Crippen molar-refractivity contribution in [2.75, 3.05) is 5.73 Å². The van der Waals surface area contributed by atoms with Crippen molar-refractivity contribution in [3.8, 4) is 0 Å². The van der Waals surface area contributed by atoms with Crippen molar-refractivity contribution in [2.24, 2.45) is 5.73 Å². The molecule has 0 aliphatic rings. The fraction of sp³-hybridized carbons (Fsp3) is 0.286. The first-order valence-corrected chi connectivity index (χ1v) is 3.49. The molecule has 1 aromatic heterocycles. The van der Waals surface area contributed by atoms with E-state index in [9.17, 15) is 13.2 Å². The van der Waals surface area contributed by atoms with Gasteiger partial charge >= 0.3 is 0 Å². The first kappa shape index (κ1) is 9.79. The molecule has 1 heterocycles. The minimum Gasteiger partial charge on any atom is -0.384 e. The van der Waals surface area contributed by atoms with Crippen LogP contribution in [0.4, 0.5) is 19.0 Å².